The maximum absolute atomic E-state index is 13.5. The first-order valence-corrected chi connectivity index (χ1v) is 18.9. The molecule has 0 bridgehead atoms. The number of thiazole rings is 2. The van der Waals surface area contributed by atoms with Gasteiger partial charge in [-0.1, -0.05) is 27.7 Å². The zero-order valence-electron chi connectivity index (χ0n) is 30.0. The molecule has 278 valence electrons. The van der Waals surface area contributed by atoms with Crippen LogP contribution in [0.1, 0.15) is 77.1 Å². The van der Waals surface area contributed by atoms with Gasteiger partial charge in [-0.2, -0.15) is 0 Å². The topological polar surface area (TPSA) is 200 Å². The van der Waals surface area contributed by atoms with E-state index in [1.807, 2.05) is 27.7 Å². The predicted octanol–water partition coefficient (Wildman–Crippen LogP) is 5.14. The lowest BCUT2D eigenvalue weighted by Crippen LogP contribution is -2.51. The molecule has 2 saturated heterocycles. The SMILES string of the molecule is COC(=O)N[C@H](C(=O)N1CCC[C@@H]1c1ncc(-c2cnc(-c3ncc(-c4cnc([C@H]5CCCN5C(=O)[C@@H](NC(=O)OC)C(C)C)[nH]4)s3)s2)[nH]1)C(C)C. The fraction of sp³-hybridized carbons (Fsp3) is 0.529. The minimum absolute atomic E-state index is 0.119. The number of carbonyl (C=O) groups is 4. The van der Waals surface area contributed by atoms with Gasteiger partial charge in [0.15, 0.2) is 10.0 Å². The molecular weight excluding hydrogens is 709 g/mol. The first kappa shape index (κ1) is 36.9. The quantitative estimate of drug-likeness (QED) is 0.159. The minimum Gasteiger partial charge on any atom is -0.453 e. The Balaban J connectivity index is 1.13. The number of hydrogen-bond donors (Lipinski definition) is 4. The molecule has 4 N–H and O–H groups in total. The number of carbonyl (C=O) groups excluding carboxylic acids is 4. The van der Waals surface area contributed by atoms with Crippen molar-refractivity contribution in [3.63, 3.8) is 0 Å². The summed E-state index contributed by atoms with van der Waals surface area (Å²) in [6.45, 7) is 8.70. The molecule has 4 aromatic rings. The second kappa shape index (κ2) is 15.8. The molecule has 6 rings (SSSR count). The number of H-pyrrole nitrogens is 2. The third kappa shape index (κ3) is 7.67. The monoisotopic (exact) mass is 752 g/mol. The summed E-state index contributed by atoms with van der Waals surface area (Å²) in [5.41, 5.74) is 1.58. The van der Waals surface area contributed by atoms with Crippen LogP contribution >= 0.6 is 22.7 Å². The van der Waals surface area contributed by atoms with E-state index < -0.39 is 24.3 Å². The number of aromatic nitrogens is 6. The van der Waals surface area contributed by atoms with Crippen molar-refractivity contribution < 1.29 is 28.7 Å². The average molecular weight is 753 g/mol. The maximum atomic E-state index is 13.5. The van der Waals surface area contributed by atoms with Crippen LogP contribution in [-0.2, 0) is 19.1 Å². The first-order valence-electron chi connectivity index (χ1n) is 17.3. The van der Waals surface area contributed by atoms with E-state index >= 15 is 0 Å². The van der Waals surface area contributed by atoms with Crippen LogP contribution in [0.5, 0.6) is 0 Å². The van der Waals surface area contributed by atoms with E-state index in [0.29, 0.717) is 24.7 Å². The Bertz CT molecular complexity index is 1760. The molecule has 2 fully saturated rings. The number of hydrogen-bond acceptors (Lipinski definition) is 12. The Morgan fingerprint density at radius 2 is 1.10 bits per heavy atom. The van der Waals surface area contributed by atoms with Gasteiger partial charge in [-0.05, 0) is 37.5 Å². The molecule has 4 aromatic heterocycles. The summed E-state index contributed by atoms with van der Waals surface area (Å²) in [7, 11) is 2.56. The zero-order chi connectivity index (χ0) is 37.1. The Morgan fingerprint density at radius 1 is 0.692 bits per heavy atom. The second-order valence-electron chi connectivity index (χ2n) is 13.5. The van der Waals surface area contributed by atoms with Gasteiger partial charge in [-0.3, -0.25) is 9.59 Å². The van der Waals surface area contributed by atoms with Crippen molar-refractivity contribution in [2.45, 2.75) is 77.5 Å². The summed E-state index contributed by atoms with van der Waals surface area (Å²) >= 11 is 2.97. The zero-order valence-corrected chi connectivity index (χ0v) is 31.6. The van der Waals surface area contributed by atoms with Crippen LogP contribution in [-0.4, -0.2) is 103 Å². The van der Waals surface area contributed by atoms with Crippen LogP contribution in [0.3, 0.4) is 0 Å². The first-order chi connectivity index (χ1) is 25.0. The van der Waals surface area contributed by atoms with Gasteiger partial charge in [0.2, 0.25) is 11.8 Å². The van der Waals surface area contributed by atoms with Gasteiger partial charge in [0.05, 0.1) is 59.8 Å². The number of nitrogens with one attached hydrogen (secondary N) is 4. The van der Waals surface area contributed by atoms with Gasteiger partial charge >= 0.3 is 12.2 Å². The fourth-order valence-electron chi connectivity index (χ4n) is 6.64. The van der Waals surface area contributed by atoms with E-state index in [1.54, 1.807) is 34.6 Å². The van der Waals surface area contributed by atoms with Crippen molar-refractivity contribution in [2.75, 3.05) is 27.3 Å². The Hall–Kier alpha value is -4.84. The number of aromatic amines is 2. The highest BCUT2D eigenvalue weighted by Gasteiger charge is 2.39. The molecule has 6 heterocycles. The molecule has 0 unspecified atom stereocenters. The molecule has 2 aliphatic heterocycles. The van der Waals surface area contributed by atoms with Crippen LogP contribution in [0.15, 0.2) is 24.8 Å². The van der Waals surface area contributed by atoms with Crippen LogP contribution in [0.4, 0.5) is 9.59 Å². The summed E-state index contributed by atoms with van der Waals surface area (Å²) < 4.78 is 9.49. The minimum atomic E-state index is -0.705. The standard InChI is InChI=1S/C34H44N10O6S2/c1-17(2)25(41-33(47)49-5)31(45)43-11-7-9-21(43)27-35-13-19(39-27)23-15-37-29(51-23)30-38-16-24(52-30)20-14-36-28(40-20)22-10-8-12-44(22)32(46)26(18(3)4)42-34(48)50-6/h13-18,21-22,25-26H,7-12H2,1-6H3,(H,35,39)(H,36,40)(H,41,47)(H,42,48)/t21-,22-,25+,26+/m1/s1. The summed E-state index contributed by atoms with van der Waals surface area (Å²) in [5.74, 6) is 0.811. The fourth-order valence-corrected chi connectivity index (χ4v) is 8.44. The van der Waals surface area contributed by atoms with Crippen molar-refractivity contribution >= 4 is 46.7 Å². The number of methoxy groups -OCH3 is 2. The molecule has 0 aliphatic carbocycles. The van der Waals surface area contributed by atoms with E-state index in [4.69, 9.17) is 9.47 Å². The van der Waals surface area contributed by atoms with Crippen LogP contribution in [0.2, 0.25) is 0 Å². The third-order valence-corrected chi connectivity index (χ3v) is 11.6. The van der Waals surface area contributed by atoms with Gasteiger partial charge in [-0.25, -0.2) is 29.5 Å². The van der Waals surface area contributed by atoms with Crippen molar-refractivity contribution in [2.24, 2.45) is 11.8 Å². The van der Waals surface area contributed by atoms with Crippen molar-refractivity contribution in [1.82, 2.24) is 50.3 Å². The molecule has 52 heavy (non-hydrogen) atoms. The molecular formula is C34H44N10O6S2. The lowest BCUT2D eigenvalue weighted by molar-refractivity contribution is -0.136. The van der Waals surface area contributed by atoms with Crippen LogP contribution in [0, 0.1) is 11.8 Å². The Kier molecular flexibility index (Phi) is 11.2. The van der Waals surface area contributed by atoms with Gasteiger partial charge < -0.3 is 39.9 Å². The number of amides is 4. The van der Waals surface area contributed by atoms with E-state index in [-0.39, 0.29) is 35.7 Å². The molecule has 0 radical (unpaired) electrons. The number of nitrogens with zero attached hydrogens (tertiary/aromatic N) is 6. The number of alkyl carbamates (subject to hydrolysis) is 2. The van der Waals surface area contributed by atoms with E-state index in [2.05, 4.69) is 40.5 Å². The lowest BCUT2D eigenvalue weighted by Gasteiger charge is -2.30. The highest BCUT2D eigenvalue weighted by Crippen LogP contribution is 2.39. The molecule has 0 saturated carbocycles. The van der Waals surface area contributed by atoms with Crippen molar-refractivity contribution in [3.8, 4) is 31.2 Å². The van der Waals surface area contributed by atoms with Crippen molar-refractivity contribution in [3.05, 3.63) is 36.4 Å². The van der Waals surface area contributed by atoms with E-state index in [9.17, 15) is 19.2 Å². The van der Waals surface area contributed by atoms with Gasteiger partial charge in [-0.15, -0.1) is 22.7 Å². The second-order valence-corrected chi connectivity index (χ2v) is 15.6. The Morgan fingerprint density at radius 3 is 1.46 bits per heavy atom. The number of ether oxygens (including phenoxy) is 2. The van der Waals surface area contributed by atoms with Gasteiger partial charge in [0.1, 0.15) is 23.7 Å². The molecule has 0 aromatic carbocycles. The number of rotatable bonds is 11. The molecule has 2 aliphatic rings. The van der Waals surface area contributed by atoms with Gasteiger partial charge in [0.25, 0.3) is 0 Å². The molecule has 4 atom stereocenters. The summed E-state index contributed by atoms with van der Waals surface area (Å²) in [4.78, 5) is 81.6. The van der Waals surface area contributed by atoms with Crippen LogP contribution in [0.25, 0.3) is 31.2 Å². The third-order valence-electron chi connectivity index (χ3n) is 9.40. The highest BCUT2D eigenvalue weighted by atomic mass is 32.1. The number of likely N-dealkylation sites (tertiary alicyclic amines) is 2. The molecule has 18 heteroatoms. The number of imidazole rings is 2. The summed E-state index contributed by atoms with van der Waals surface area (Å²) in [5, 5.41) is 6.86. The van der Waals surface area contributed by atoms with Crippen molar-refractivity contribution in [1.29, 1.82) is 0 Å². The van der Waals surface area contributed by atoms with E-state index in [1.165, 1.54) is 36.9 Å². The van der Waals surface area contributed by atoms with Gasteiger partial charge in [0, 0.05) is 25.5 Å². The average Bonchev–Trinajstić information content (AvgIpc) is 3.98. The molecule has 4 amide bonds. The Labute approximate surface area is 309 Å². The smallest absolute Gasteiger partial charge is 0.407 e. The lowest BCUT2D eigenvalue weighted by atomic mass is 10.0. The molecule has 0 spiro atoms. The molecule has 16 nitrogen and oxygen atoms in total. The largest absolute Gasteiger partial charge is 0.453 e. The summed E-state index contributed by atoms with van der Waals surface area (Å²) in [6.07, 6.45) is 8.97. The van der Waals surface area contributed by atoms with E-state index in [0.717, 1.165) is 56.8 Å². The highest BCUT2D eigenvalue weighted by molar-refractivity contribution is 7.24. The van der Waals surface area contributed by atoms with Crippen LogP contribution < -0.4 is 10.6 Å². The normalized spacial score (nSPS) is 18.5. The maximum Gasteiger partial charge on any atom is 0.407 e. The summed E-state index contributed by atoms with van der Waals surface area (Å²) in [6, 6.07) is -1.89. The predicted molar refractivity (Wildman–Crippen MR) is 194 cm³/mol.